The van der Waals surface area contributed by atoms with E-state index in [1.54, 1.807) is 11.0 Å². The van der Waals surface area contributed by atoms with Crippen molar-refractivity contribution in [1.29, 1.82) is 0 Å². The van der Waals surface area contributed by atoms with Crippen molar-refractivity contribution in [3.63, 3.8) is 0 Å². The minimum atomic E-state index is -0.665. The summed E-state index contributed by atoms with van der Waals surface area (Å²) in [5.41, 5.74) is 2.35. The second-order valence-corrected chi connectivity index (χ2v) is 10.8. The molecule has 1 aliphatic heterocycles. The van der Waals surface area contributed by atoms with Gasteiger partial charge in [-0.15, -0.1) is 0 Å². The summed E-state index contributed by atoms with van der Waals surface area (Å²) < 4.78 is 14.6. The lowest BCUT2D eigenvalue weighted by Gasteiger charge is -2.35. The summed E-state index contributed by atoms with van der Waals surface area (Å²) in [6, 6.07) is 11.2. The van der Waals surface area contributed by atoms with Gasteiger partial charge in [-0.25, -0.2) is 9.18 Å². The lowest BCUT2D eigenvalue weighted by molar-refractivity contribution is 0.0628. The van der Waals surface area contributed by atoms with Gasteiger partial charge in [-0.05, 0) is 64.4 Å². The molecule has 0 spiro atoms. The number of rotatable bonds is 7. The van der Waals surface area contributed by atoms with Crippen molar-refractivity contribution in [1.82, 2.24) is 20.4 Å². The zero-order chi connectivity index (χ0) is 27.9. The average Bonchev–Trinajstić information content (AvgIpc) is 2.84. The number of para-hydroxylation sites is 1. The van der Waals surface area contributed by atoms with Crippen molar-refractivity contribution >= 4 is 23.5 Å². The van der Waals surface area contributed by atoms with Gasteiger partial charge in [0.05, 0.1) is 11.3 Å². The van der Waals surface area contributed by atoms with Crippen LogP contribution < -0.4 is 16.0 Å². The van der Waals surface area contributed by atoms with E-state index in [-0.39, 0.29) is 28.6 Å². The van der Waals surface area contributed by atoms with Gasteiger partial charge in [0, 0.05) is 50.4 Å². The van der Waals surface area contributed by atoms with Gasteiger partial charge in [-0.3, -0.25) is 14.5 Å². The standard InChI is InChI=1S/C29H38FN5O3/c1-20(2)12-13-31-28(38)32-25-23(10-7-11-24(25)30)27(37)35-16-14-34(15-17-35)19-21-8-6-9-22(18-21)26(36)33-29(3,4)5/h6-12,18H,13-17,19H2,1-5H3,(H,33,36)(H2,31,32,38). The highest BCUT2D eigenvalue weighted by atomic mass is 19.1. The Hall–Kier alpha value is -3.72. The third-order valence-electron chi connectivity index (χ3n) is 6.00. The number of hydrogen-bond donors (Lipinski definition) is 3. The van der Waals surface area contributed by atoms with E-state index < -0.39 is 11.8 Å². The second kappa shape index (κ2) is 12.7. The first-order valence-electron chi connectivity index (χ1n) is 12.8. The maximum atomic E-state index is 14.6. The van der Waals surface area contributed by atoms with Crippen molar-refractivity contribution in [3.05, 3.63) is 76.6 Å². The minimum Gasteiger partial charge on any atom is -0.347 e. The predicted molar refractivity (Wildman–Crippen MR) is 148 cm³/mol. The zero-order valence-corrected chi connectivity index (χ0v) is 22.9. The van der Waals surface area contributed by atoms with E-state index in [0.29, 0.717) is 44.8 Å². The summed E-state index contributed by atoms with van der Waals surface area (Å²) in [5, 5.41) is 8.11. The maximum Gasteiger partial charge on any atom is 0.319 e. The first-order chi connectivity index (χ1) is 17.9. The quantitative estimate of drug-likeness (QED) is 0.469. The van der Waals surface area contributed by atoms with Gasteiger partial charge >= 0.3 is 6.03 Å². The number of nitrogens with one attached hydrogen (secondary N) is 3. The Morgan fingerprint density at radius 2 is 1.68 bits per heavy atom. The van der Waals surface area contributed by atoms with Crippen LogP contribution in [0, 0.1) is 5.82 Å². The number of anilines is 1. The second-order valence-electron chi connectivity index (χ2n) is 10.8. The van der Waals surface area contributed by atoms with Gasteiger partial charge in [-0.1, -0.05) is 29.8 Å². The Morgan fingerprint density at radius 1 is 1.00 bits per heavy atom. The molecular formula is C29H38FN5O3. The number of urea groups is 1. The molecule has 204 valence electrons. The summed E-state index contributed by atoms with van der Waals surface area (Å²) in [6.45, 7) is 12.8. The number of carbonyl (C=O) groups excluding carboxylic acids is 3. The lowest BCUT2D eigenvalue weighted by atomic mass is 10.1. The summed E-state index contributed by atoms with van der Waals surface area (Å²) in [6.07, 6.45) is 1.84. The van der Waals surface area contributed by atoms with Crippen LogP contribution in [0.15, 0.2) is 54.1 Å². The molecule has 9 heteroatoms. The van der Waals surface area contributed by atoms with Gasteiger partial charge in [-0.2, -0.15) is 0 Å². The molecule has 1 fully saturated rings. The Balaban J connectivity index is 1.60. The molecule has 3 N–H and O–H groups in total. The first kappa shape index (κ1) is 28.8. The molecule has 0 aromatic heterocycles. The molecule has 2 aromatic carbocycles. The van der Waals surface area contributed by atoms with Crippen LogP contribution in [0.4, 0.5) is 14.9 Å². The Morgan fingerprint density at radius 3 is 2.34 bits per heavy atom. The Kier molecular flexibility index (Phi) is 9.63. The lowest BCUT2D eigenvalue weighted by Crippen LogP contribution is -2.48. The largest absolute Gasteiger partial charge is 0.347 e. The van der Waals surface area contributed by atoms with Crippen molar-refractivity contribution < 1.29 is 18.8 Å². The van der Waals surface area contributed by atoms with E-state index in [0.717, 1.165) is 11.1 Å². The third kappa shape index (κ3) is 8.41. The van der Waals surface area contributed by atoms with E-state index in [1.165, 1.54) is 18.2 Å². The fraction of sp³-hybridized carbons (Fsp3) is 0.414. The van der Waals surface area contributed by atoms with Crippen LogP contribution >= 0.6 is 0 Å². The first-order valence-corrected chi connectivity index (χ1v) is 12.8. The molecule has 38 heavy (non-hydrogen) atoms. The fourth-order valence-corrected chi connectivity index (χ4v) is 4.10. The highest BCUT2D eigenvalue weighted by molar-refractivity contribution is 6.03. The number of amides is 4. The van der Waals surface area contributed by atoms with Crippen LogP contribution in [0.3, 0.4) is 0 Å². The van der Waals surface area contributed by atoms with Crippen molar-refractivity contribution in [2.75, 3.05) is 38.0 Å². The SMILES string of the molecule is CC(C)=CCNC(=O)Nc1c(F)cccc1C(=O)N1CCN(Cc2cccc(C(=O)NC(C)(C)C)c2)CC1. The zero-order valence-electron chi connectivity index (χ0n) is 22.9. The summed E-state index contributed by atoms with van der Waals surface area (Å²) >= 11 is 0. The molecule has 0 aliphatic carbocycles. The molecule has 1 aliphatic rings. The Labute approximate surface area is 224 Å². The van der Waals surface area contributed by atoms with Gasteiger partial charge < -0.3 is 20.9 Å². The molecule has 4 amide bonds. The van der Waals surface area contributed by atoms with E-state index in [4.69, 9.17) is 0 Å². The molecule has 0 bridgehead atoms. The Bertz CT molecular complexity index is 1190. The summed E-state index contributed by atoms with van der Waals surface area (Å²) in [5.74, 6) is -1.10. The van der Waals surface area contributed by atoms with E-state index >= 15 is 0 Å². The predicted octanol–water partition coefficient (Wildman–Crippen LogP) is 4.40. The number of allylic oxidation sites excluding steroid dienone is 1. The van der Waals surface area contributed by atoms with Crippen LogP contribution in [-0.4, -0.2) is 65.9 Å². The molecule has 0 radical (unpaired) electrons. The van der Waals surface area contributed by atoms with Crippen molar-refractivity contribution in [3.8, 4) is 0 Å². The third-order valence-corrected chi connectivity index (χ3v) is 6.00. The summed E-state index contributed by atoms with van der Waals surface area (Å²) in [4.78, 5) is 42.0. The topological polar surface area (TPSA) is 93.8 Å². The number of halogens is 1. The van der Waals surface area contributed by atoms with E-state index in [2.05, 4.69) is 20.9 Å². The van der Waals surface area contributed by atoms with Crippen LogP contribution in [0.1, 0.15) is 60.9 Å². The molecule has 0 atom stereocenters. The summed E-state index contributed by atoms with van der Waals surface area (Å²) in [7, 11) is 0. The van der Waals surface area contributed by atoms with Gasteiger partial charge in [0.1, 0.15) is 5.82 Å². The van der Waals surface area contributed by atoms with Crippen molar-refractivity contribution in [2.24, 2.45) is 0 Å². The maximum absolute atomic E-state index is 14.6. The average molecular weight is 524 g/mol. The van der Waals surface area contributed by atoms with Crippen LogP contribution in [0.25, 0.3) is 0 Å². The highest BCUT2D eigenvalue weighted by Gasteiger charge is 2.26. The van der Waals surface area contributed by atoms with Crippen LogP contribution in [0.5, 0.6) is 0 Å². The van der Waals surface area contributed by atoms with E-state index in [9.17, 15) is 18.8 Å². The monoisotopic (exact) mass is 523 g/mol. The fourth-order valence-electron chi connectivity index (χ4n) is 4.10. The molecular weight excluding hydrogens is 485 g/mol. The molecule has 2 aromatic rings. The number of carbonyl (C=O) groups is 3. The van der Waals surface area contributed by atoms with Gasteiger partial charge in [0.15, 0.2) is 0 Å². The van der Waals surface area contributed by atoms with Gasteiger partial charge in [0.25, 0.3) is 11.8 Å². The molecule has 0 saturated carbocycles. The van der Waals surface area contributed by atoms with Crippen LogP contribution in [0.2, 0.25) is 0 Å². The smallest absolute Gasteiger partial charge is 0.319 e. The highest BCUT2D eigenvalue weighted by Crippen LogP contribution is 2.23. The van der Waals surface area contributed by atoms with Crippen LogP contribution in [-0.2, 0) is 6.54 Å². The molecule has 3 rings (SSSR count). The number of benzene rings is 2. The molecule has 1 saturated heterocycles. The molecule has 0 unspecified atom stereocenters. The minimum absolute atomic E-state index is 0.111. The normalized spacial score (nSPS) is 14.0. The van der Waals surface area contributed by atoms with E-state index in [1.807, 2.05) is 58.9 Å². The van der Waals surface area contributed by atoms with Crippen molar-refractivity contribution in [2.45, 2.75) is 46.7 Å². The molecule has 8 nitrogen and oxygen atoms in total. The number of piperazine rings is 1. The number of hydrogen-bond acceptors (Lipinski definition) is 4. The molecule has 1 heterocycles. The number of nitrogens with zero attached hydrogens (tertiary/aromatic N) is 2. The van der Waals surface area contributed by atoms with Gasteiger partial charge in [0.2, 0.25) is 0 Å².